The molecule has 2 aromatic rings. The summed E-state index contributed by atoms with van der Waals surface area (Å²) in [6.07, 6.45) is 6.53. The van der Waals surface area contributed by atoms with Gasteiger partial charge in [0.1, 0.15) is 11.5 Å². The van der Waals surface area contributed by atoms with E-state index in [0.29, 0.717) is 12.5 Å². The average Bonchev–Trinajstić information content (AvgIpc) is 3.31. The van der Waals surface area contributed by atoms with E-state index in [0.717, 1.165) is 56.9 Å². The fraction of sp³-hybridized carbons (Fsp3) is 0.480. The van der Waals surface area contributed by atoms with Gasteiger partial charge in [0.25, 0.3) is 0 Å². The van der Waals surface area contributed by atoms with E-state index in [4.69, 9.17) is 9.47 Å². The smallest absolute Gasteiger partial charge is 0.223 e. The van der Waals surface area contributed by atoms with Crippen molar-refractivity contribution in [2.24, 2.45) is 0 Å². The van der Waals surface area contributed by atoms with Crippen LogP contribution in [0, 0.1) is 0 Å². The van der Waals surface area contributed by atoms with Crippen molar-refractivity contribution in [1.82, 2.24) is 4.90 Å². The van der Waals surface area contributed by atoms with Gasteiger partial charge in [-0.1, -0.05) is 12.1 Å². The molecule has 1 saturated heterocycles. The van der Waals surface area contributed by atoms with Gasteiger partial charge in [0.05, 0.1) is 13.2 Å². The minimum Gasteiger partial charge on any atom is -0.497 e. The Balaban J connectivity index is 1.24. The highest BCUT2D eigenvalue weighted by Crippen LogP contribution is 2.25. The number of amides is 1. The highest BCUT2D eigenvalue weighted by molar-refractivity contribution is 5.76. The molecule has 1 aliphatic heterocycles. The van der Waals surface area contributed by atoms with Crippen LogP contribution in [0.1, 0.15) is 37.7 Å². The molecule has 5 heteroatoms. The Morgan fingerprint density at radius 2 is 1.70 bits per heavy atom. The molecule has 0 radical (unpaired) electrons. The van der Waals surface area contributed by atoms with Crippen molar-refractivity contribution in [2.45, 2.75) is 44.6 Å². The Morgan fingerprint density at radius 3 is 2.40 bits per heavy atom. The van der Waals surface area contributed by atoms with Crippen LogP contribution >= 0.6 is 0 Å². The number of benzene rings is 2. The van der Waals surface area contributed by atoms with E-state index >= 15 is 0 Å². The minimum atomic E-state index is 0.242. The predicted molar refractivity (Wildman–Crippen MR) is 119 cm³/mol. The van der Waals surface area contributed by atoms with Crippen LogP contribution < -0.4 is 14.4 Å². The molecule has 5 nitrogen and oxygen atoms in total. The zero-order valence-corrected chi connectivity index (χ0v) is 17.9. The van der Waals surface area contributed by atoms with E-state index in [-0.39, 0.29) is 5.91 Å². The van der Waals surface area contributed by atoms with Crippen LogP contribution in [0.3, 0.4) is 0 Å². The lowest BCUT2D eigenvalue weighted by molar-refractivity contribution is -0.131. The van der Waals surface area contributed by atoms with Gasteiger partial charge >= 0.3 is 0 Å². The fourth-order valence-corrected chi connectivity index (χ4v) is 4.39. The average molecular weight is 409 g/mol. The van der Waals surface area contributed by atoms with E-state index < -0.39 is 0 Å². The Hall–Kier alpha value is -2.69. The molecule has 30 heavy (non-hydrogen) atoms. The van der Waals surface area contributed by atoms with Crippen LogP contribution in [-0.4, -0.2) is 50.2 Å². The number of carbonyl (C=O) groups is 1. The Kier molecular flexibility index (Phi) is 6.77. The maximum atomic E-state index is 12.7. The third-order valence-electron chi connectivity index (χ3n) is 6.20. The number of carbonyl (C=O) groups excluding carboxylic acids is 1. The van der Waals surface area contributed by atoms with Gasteiger partial charge < -0.3 is 19.3 Å². The molecule has 1 saturated carbocycles. The summed E-state index contributed by atoms with van der Waals surface area (Å²) in [6.45, 7) is 3.27. The molecule has 1 amide bonds. The quantitative estimate of drug-likeness (QED) is 0.685. The fourth-order valence-electron chi connectivity index (χ4n) is 4.39. The van der Waals surface area contributed by atoms with Gasteiger partial charge in [-0.25, -0.2) is 0 Å². The molecular weight excluding hydrogens is 376 g/mol. The number of hydrogen-bond acceptors (Lipinski definition) is 4. The van der Waals surface area contributed by atoms with Crippen molar-refractivity contribution in [3.63, 3.8) is 0 Å². The van der Waals surface area contributed by atoms with E-state index in [1.807, 2.05) is 29.2 Å². The third kappa shape index (κ3) is 5.26. The van der Waals surface area contributed by atoms with Gasteiger partial charge in [-0.05, 0) is 74.1 Å². The second-order valence-corrected chi connectivity index (χ2v) is 8.24. The standard InChI is InChI=1S/C25H32N2O3/c1-29-22-12-10-21(11-13-22)26-15-17-27(18-16-26)25(28)14-9-20-5-4-8-24(19-20)30-23-6-2-3-7-23/h4-5,8,10-13,19,23H,2-3,6-7,9,14-18H2,1H3. The maximum Gasteiger partial charge on any atom is 0.223 e. The Bertz CT molecular complexity index is 823. The van der Waals surface area contributed by atoms with Gasteiger partial charge in [0.2, 0.25) is 5.91 Å². The van der Waals surface area contributed by atoms with Crippen LogP contribution in [0.5, 0.6) is 11.5 Å². The van der Waals surface area contributed by atoms with Crippen LogP contribution in [0.15, 0.2) is 48.5 Å². The van der Waals surface area contributed by atoms with Crippen LogP contribution in [0.4, 0.5) is 5.69 Å². The summed E-state index contributed by atoms with van der Waals surface area (Å²) < 4.78 is 11.3. The molecule has 2 aromatic carbocycles. The summed E-state index contributed by atoms with van der Waals surface area (Å²) in [5.74, 6) is 2.05. The highest BCUT2D eigenvalue weighted by atomic mass is 16.5. The van der Waals surface area contributed by atoms with Gasteiger partial charge in [-0.2, -0.15) is 0 Å². The Morgan fingerprint density at radius 1 is 0.967 bits per heavy atom. The van der Waals surface area contributed by atoms with E-state index in [1.165, 1.54) is 24.1 Å². The number of rotatable bonds is 7. The summed E-state index contributed by atoms with van der Waals surface area (Å²) in [4.78, 5) is 17.0. The van der Waals surface area contributed by atoms with Crippen LogP contribution in [-0.2, 0) is 11.2 Å². The first kappa shape index (κ1) is 20.6. The number of aryl methyl sites for hydroxylation is 1. The van der Waals surface area contributed by atoms with Gasteiger partial charge in [-0.3, -0.25) is 4.79 Å². The lowest BCUT2D eigenvalue weighted by atomic mass is 10.1. The summed E-state index contributed by atoms with van der Waals surface area (Å²) in [5, 5.41) is 0. The van der Waals surface area contributed by atoms with Crippen LogP contribution in [0.2, 0.25) is 0 Å². The maximum absolute atomic E-state index is 12.7. The number of ether oxygens (including phenoxy) is 2. The SMILES string of the molecule is COc1ccc(N2CCN(C(=O)CCc3cccc(OC4CCCC4)c3)CC2)cc1. The number of methoxy groups -OCH3 is 1. The van der Waals surface area contributed by atoms with Crippen molar-refractivity contribution in [3.8, 4) is 11.5 Å². The zero-order valence-electron chi connectivity index (χ0n) is 17.9. The summed E-state index contributed by atoms with van der Waals surface area (Å²) in [5.41, 5.74) is 2.36. The molecule has 0 aromatic heterocycles. The first-order chi connectivity index (χ1) is 14.7. The molecule has 2 aliphatic rings. The Labute approximate surface area is 179 Å². The molecule has 2 fully saturated rings. The topological polar surface area (TPSA) is 42.0 Å². The molecule has 0 spiro atoms. The van der Waals surface area contributed by atoms with Gasteiger partial charge in [0, 0.05) is 38.3 Å². The summed E-state index contributed by atoms with van der Waals surface area (Å²) in [7, 11) is 1.68. The van der Waals surface area contributed by atoms with E-state index in [9.17, 15) is 4.79 Å². The number of nitrogens with zero attached hydrogens (tertiary/aromatic N) is 2. The van der Waals surface area contributed by atoms with Crippen molar-refractivity contribution in [1.29, 1.82) is 0 Å². The highest BCUT2D eigenvalue weighted by Gasteiger charge is 2.21. The van der Waals surface area contributed by atoms with Gasteiger partial charge in [-0.15, -0.1) is 0 Å². The number of piperazine rings is 1. The van der Waals surface area contributed by atoms with Crippen molar-refractivity contribution in [2.75, 3.05) is 38.2 Å². The molecular formula is C25H32N2O3. The largest absolute Gasteiger partial charge is 0.497 e. The normalized spacial score (nSPS) is 17.2. The second-order valence-electron chi connectivity index (χ2n) is 8.24. The zero-order chi connectivity index (χ0) is 20.8. The molecule has 4 rings (SSSR count). The molecule has 0 N–H and O–H groups in total. The first-order valence-electron chi connectivity index (χ1n) is 11.1. The van der Waals surface area contributed by atoms with Crippen molar-refractivity contribution >= 4 is 11.6 Å². The minimum absolute atomic E-state index is 0.242. The summed E-state index contributed by atoms with van der Waals surface area (Å²) in [6, 6.07) is 16.4. The predicted octanol–water partition coefficient (Wildman–Crippen LogP) is 4.30. The molecule has 0 bridgehead atoms. The second kappa shape index (κ2) is 9.88. The van der Waals surface area contributed by atoms with Crippen molar-refractivity contribution < 1.29 is 14.3 Å². The van der Waals surface area contributed by atoms with E-state index in [1.54, 1.807) is 7.11 Å². The first-order valence-corrected chi connectivity index (χ1v) is 11.1. The van der Waals surface area contributed by atoms with Crippen LogP contribution in [0.25, 0.3) is 0 Å². The monoisotopic (exact) mass is 408 g/mol. The number of anilines is 1. The molecule has 0 atom stereocenters. The summed E-state index contributed by atoms with van der Waals surface area (Å²) >= 11 is 0. The third-order valence-corrected chi connectivity index (χ3v) is 6.20. The lowest BCUT2D eigenvalue weighted by Gasteiger charge is -2.36. The van der Waals surface area contributed by atoms with E-state index in [2.05, 4.69) is 29.2 Å². The molecule has 1 heterocycles. The van der Waals surface area contributed by atoms with Gasteiger partial charge in [0.15, 0.2) is 0 Å². The molecule has 1 aliphatic carbocycles. The number of hydrogen-bond donors (Lipinski definition) is 0. The van der Waals surface area contributed by atoms with Crippen molar-refractivity contribution in [3.05, 3.63) is 54.1 Å². The molecule has 160 valence electrons. The lowest BCUT2D eigenvalue weighted by Crippen LogP contribution is -2.48. The molecule has 0 unspecified atom stereocenters.